The van der Waals surface area contributed by atoms with Gasteiger partial charge in [0.1, 0.15) is 6.04 Å². The van der Waals surface area contributed by atoms with Gasteiger partial charge in [-0.05, 0) is 32.3 Å². The molecule has 2 heterocycles. The molecule has 142 valence electrons. The molecule has 2 amide bonds. The Hall–Kier alpha value is -1.53. The number of likely N-dealkylation sites (tertiary alicyclic amines) is 1. The topological polar surface area (TPSA) is 49.9 Å². The molecular weight excluding hydrogens is 348 g/mol. The summed E-state index contributed by atoms with van der Waals surface area (Å²) in [5.74, 6) is 1.44. The molecule has 0 aromatic heterocycles. The van der Waals surface area contributed by atoms with E-state index < -0.39 is 0 Å². The van der Waals surface area contributed by atoms with E-state index in [-0.39, 0.29) is 17.9 Å². The van der Waals surface area contributed by atoms with E-state index in [1.807, 2.05) is 4.90 Å². The van der Waals surface area contributed by atoms with Gasteiger partial charge in [-0.25, -0.2) is 0 Å². The lowest BCUT2D eigenvalue weighted by molar-refractivity contribution is -0.145. The van der Waals surface area contributed by atoms with Crippen molar-refractivity contribution < 1.29 is 14.3 Å². The summed E-state index contributed by atoms with van der Waals surface area (Å²) >= 11 is 1.63. The molecule has 6 heteroatoms. The van der Waals surface area contributed by atoms with Crippen molar-refractivity contribution in [1.29, 1.82) is 0 Å². The summed E-state index contributed by atoms with van der Waals surface area (Å²) < 4.78 is 5.32. The smallest absolute Gasteiger partial charge is 0.245 e. The van der Waals surface area contributed by atoms with Crippen LogP contribution in [0.2, 0.25) is 0 Å². The standard InChI is InChI=1S/C20H28N2O3S/c1-15-10-16(2)12-17(11-15)13-26-14-19(23)22-5-3-4-18(22)20(24)21-6-8-25-9-7-21/h10-12,18H,3-9,13-14H2,1-2H3/t18-/m0/s1. The summed E-state index contributed by atoms with van der Waals surface area (Å²) in [5.41, 5.74) is 3.76. The third kappa shape index (κ3) is 4.80. The highest BCUT2D eigenvalue weighted by atomic mass is 32.2. The fourth-order valence-electron chi connectivity index (χ4n) is 3.81. The van der Waals surface area contributed by atoms with Crippen molar-refractivity contribution in [1.82, 2.24) is 9.80 Å². The third-order valence-corrected chi connectivity index (χ3v) is 5.95. The maximum atomic E-state index is 12.8. The van der Waals surface area contributed by atoms with E-state index in [9.17, 15) is 9.59 Å². The number of hydrogen-bond donors (Lipinski definition) is 0. The van der Waals surface area contributed by atoms with E-state index in [4.69, 9.17) is 4.74 Å². The predicted molar refractivity (Wildman–Crippen MR) is 104 cm³/mol. The van der Waals surface area contributed by atoms with Crippen molar-refractivity contribution in [2.75, 3.05) is 38.6 Å². The van der Waals surface area contributed by atoms with Crippen LogP contribution in [0.15, 0.2) is 18.2 Å². The summed E-state index contributed by atoms with van der Waals surface area (Å²) in [5, 5.41) is 0. The fraction of sp³-hybridized carbons (Fsp3) is 0.600. The second-order valence-electron chi connectivity index (χ2n) is 7.17. The molecule has 2 saturated heterocycles. The highest BCUT2D eigenvalue weighted by molar-refractivity contribution is 7.99. The van der Waals surface area contributed by atoms with Crippen LogP contribution in [0, 0.1) is 13.8 Å². The number of morpholine rings is 1. The molecule has 1 aromatic rings. The normalized spacial score (nSPS) is 20.5. The van der Waals surface area contributed by atoms with Crippen molar-refractivity contribution >= 4 is 23.6 Å². The Morgan fingerprint density at radius 3 is 2.50 bits per heavy atom. The van der Waals surface area contributed by atoms with Gasteiger partial charge in [-0.15, -0.1) is 11.8 Å². The number of aryl methyl sites for hydroxylation is 2. The molecule has 5 nitrogen and oxygen atoms in total. The molecule has 0 saturated carbocycles. The summed E-state index contributed by atoms with van der Waals surface area (Å²) in [6, 6.07) is 6.23. The SMILES string of the molecule is Cc1cc(C)cc(CSCC(=O)N2CCC[C@H]2C(=O)N2CCOCC2)c1. The number of carbonyl (C=O) groups excluding carboxylic acids is 2. The lowest BCUT2D eigenvalue weighted by Crippen LogP contribution is -2.51. The Labute approximate surface area is 160 Å². The second kappa shape index (κ2) is 8.91. The Morgan fingerprint density at radius 2 is 1.81 bits per heavy atom. The van der Waals surface area contributed by atoms with Crippen LogP contribution in [0.4, 0.5) is 0 Å². The van der Waals surface area contributed by atoms with Crippen molar-refractivity contribution in [3.8, 4) is 0 Å². The quantitative estimate of drug-likeness (QED) is 0.792. The number of benzene rings is 1. The van der Waals surface area contributed by atoms with Crippen molar-refractivity contribution in [3.63, 3.8) is 0 Å². The molecule has 2 aliphatic rings. The average Bonchev–Trinajstić information content (AvgIpc) is 3.11. The highest BCUT2D eigenvalue weighted by Gasteiger charge is 2.36. The molecule has 0 aliphatic carbocycles. The summed E-state index contributed by atoms with van der Waals surface area (Å²) in [7, 11) is 0. The number of thioether (sulfide) groups is 1. The van der Waals surface area contributed by atoms with Crippen LogP contribution >= 0.6 is 11.8 Å². The van der Waals surface area contributed by atoms with Crippen molar-refractivity contribution in [2.45, 2.75) is 38.5 Å². The first kappa shape index (κ1) is 19.2. The maximum absolute atomic E-state index is 12.8. The first-order chi connectivity index (χ1) is 12.5. The van der Waals surface area contributed by atoms with Gasteiger partial charge in [0.2, 0.25) is 11.8 Å². The zero-order chi connectivity index (χ0) is 18.5. The van der Waals surface area contributed by atoms with Gasteiger partial charge in [-0.2, -0.15) is 0 Å². The molecule has 26 heavy (non-hydrogen) atoms. The number of carbonyl (C=O) groups is 2. The summed E-state index contributed by atoms with van der Waals surface area (Å²) in [6.45, 7) is 7.36. The number of amides is 2. The Morgan fingerprint density at radius 1 is 1.12 bits per heavy atom. The Kier molecular flexibility index (Phi) is 6.59. The largest absolute Gasteiger partial charge is 0.378 e. The minimum absolute atomic E-state index is 0.0866. The van der Waals surface area contributed by atoms with Gasteiger partial charge in [-0.3, -0.25) is 9.59 Å². The summed E-state index contributed by atoms with van der Waals surface area (Å²) in [4.78, 5) is 29.1. The van der Waals surface area contributed by atoms with Crippen LogP contribution in [0.1, 0.15) is 29.5 Å². The van der Waals surface area contributed by atoms with Gasteiger partial charge in [0.25, 0.3) is 0 Å². The molecule has 0 radical (unpaired) electrons. The molecule has 0 bridgehead atoms. The van der Waals surface area contributed by atoms with Gasteiger partial charge in [-0.1, -0.05) is 29.3 Å². The van der Waals surface area contributed by atoms with E-state index in [0.29, 0.717) is 38.6 Å². The minimum Gasteiger partial charge on any atom is -0.378 e. The van der Waals surface area contributed by atoms with Gasteiger partial charge >= 0.3 is 0 Å². The van der Waals surface area contributed by atoms with Crippen molar-refractivity contribution in [2.24, 2.45) is 0 Å². The predicted octanol–water partition coefficient (Wildman–Crippen LogP) is 2.39. The van der Waals surface area contributed by atoms with Crippen LogP contribution in [0.25, 0.3) is 0 Å². The monoisotopic (exact) mass is 376 g/mol. The van der Waals surface area contributed by atoms with E-state index in [1.165, 1.54) is 16.7 Å². The number of ether oxygens (including phenoxy) is 1. The molecule has 1 atom stereocenters. The van der Waals surface area contributed by atoms with Gasteiger partial charge in [0, 0.05) is 25.4 Å². The molecule has 0 unspecified atom stereocenters. The fourth-order valence-corrected chi connectivity index (χ4v) is 4.65. The zero-order valence-corrected chi connectivity index (χ0v) is 16.5. The highest BCUT2D eigenvalue weighted by Crippen LogP contribution is 2.22. The Balaban J connectivity index is 1.52. The number of rotatable bonds is 5. The lowest BCUT2D eigenvalue weighted by atomic mass is 10.1. The third-order valence-electron chi connectivity index (χ3n) is 4.96. The van der Waals surface area contributed by atoms with E-state index in [1.54, 1.807) is 16.7 Å². The van der Waals surface area contributed by atoms with Crippen LogP contribution in [-0.2, 0) is 20.1 Å². The van der Waals surface area contributed by atoms with Crippen molar-refractivity contribution in [3.05, 3.63) is 34.9 Å². The van der Waals surface area contributed by atoms with Crippen LogP contribution < -0.4 is 0 Å². The van der Waals surface area contributed by atoms with Crippen LogP contribution in [-0.4, -0.2) is 66.3 Å². The first-order valence-electron chi connectivity index (χ1n) is 9.35. The van der Waals surface area contributed by atoms with Gasteiger partial charge < -0.3 is 14.5 Å². The molecule has 2 aliphatic heterocycles. The van der Waals surface area contributed by atoms with Crippen LogP contribution in [0.5, 0.6) is 0 Å². The average molecular weight is 377 g/mol. The minimum atomic E-state index is -0.276. The number of hydrogen-bond acceptors (Lipinski definition) is 4. The molecule has 0 spiro atoms. The van der Waals surface area contributed by atoms with Crippen LogP contribution in [0.3, 0.4) is 0 Å². The van der Waals surface area contributed by atoms with Gasteiger partial charge in [0.05, 0.1) is 19.0 Å². The molecule has 3 rings (SSSR count). The molecule has 1 aromatic carbocycles. The Bertz CT molecular complexity index is 638. The van der Waals surface area contributed by atoms with Gasteiger partial charge in [0.15, 0.2) is 0 Å². The lowest BCUT2D eigenvalue weighted by Gasteiger charge is -2.32. The summed E-state index contributed by atoms with van der Waals surface area (Å²) in [6.07, 6.45) is 1.69. The second-order valence-corrected chi connectivity index (χ2v) is 8.16. The zero-order valence-electron chi connectivity index (χ0n) is 15.7. The molecule has 0 N–H and O–H groups in total. The number of nitrogens with zero attached hydrogens (tertiary/aromatic N) is 2. The molecule has 2 fully saturated rings. The maximum Gasteiger partial charge on any atom is 0.245 e. The van der Waals surface area contributed by atoms with E-state index >= 15 is 0 Å². The molecular formula is C20H28N2O3S. The first-order valence-corrected chi connectivity index (χ1v) is 10.5. The van der Waals surface area contributed by atoms with E-state index in [2.05, 4.69) is 32.0 Å². The van der Waals surface area contributed by atoms with E-state index in [0.717, 1.165) is 18.6 Å².